The smallest absolute Gasteiger partial charge is 0.251 e. The summed E-state index contributed by atoms with van der Waals surface area (Å²) in [6.07, 6.45) is 7.62. The predicted molar refractivity (Wildman–Crippen MR) is 97.9 cm³/mol. The highest BCUT2D eigenvalue weighted by Crippen LogP contribution is 2.24. The lowest BCUT2D eigenvalue weighted by molar-refractivity contribution is 0.0927. The number of amides is 1. The van der Waals surface area contributed by atoms with Gasteiger partial charge in [0.2, 0.25) is 10.0 Å². The van der Waals surface area contributed by atoms with Gasteiger partial charge in [0.05, 0.1) is 4.90 Å². The van der Waals surface area contributed by atoms with Gasteiger partial charge in [-0.1, -0.05) is 26.2 Å². The third-order valence-corrected chi connectivity index (χ3v) is 7.19. The summed E-state index contributed by atoms with van der Waals surface area (Å²) in [6, 6.07) is 6.62. The van der Waals surface area contributed by atoms with E-state index in [1.165, 1.54) is 6.42 Å². The van der Waals surface area contributed by atoms with Gasteiger partial charge < -0.3 is 5.32 Å². The highest BCUT2D eigenvalue weighted by molar-refractivity contribution is 7.89. The summed E-state index contributed by atoms with van der Waals surface area (Å²) in [7, 11) is -3.46. The predicted octanol–water partition coefficient (Wildman–Crippen LogP) is 3.17. The van der Waals surface area contributed by atoms with Crippen LogP contribution in [0.5, 0.6) is 0 Å². The van der Waals surface area contributed by atoms with Crippen molar-refractivity contribution < 1.29 is 13.2 Å². The Morgan fingerprint density at radius 2 is 1.72 bits per heavy atom. The molecular weight excluding hydrogens is 336 g/mol. The van der Waals surface area contributed by atoms with Crippen molar-refractivity contribution in [1.82, 2.24) is 9.62 Å². The molecule has 1 N–H and O–H groups in total. The molecule has 0 radical (unpaired) electrons. The molecule has 1 heterocycles. The SMILES string of the molecule is CC1CCCN(S(=O)(=O)c2ccc(C(=O)NC3CCCCC3)cc2)C1. The zero-order valence-corrected chi connectivity index (χ0v) is 15.7. The Morgan fingerprint density at radius 3 is 2.36 bits per heavy atom. The summed E-state index contributed by atoms with van der Waals surface area (Å²) in [5, 5.41) is 3.06. The van der Waals surface area contributed by atoms with Crippen molar-refractivity contribution in [3.63, 3.8) is 0 Å². The van der Waals surface area contributed by atoms with Gasteiger partial charge in [-0.25, -0.2) is 8.42 Å². The highest BCUT2D eigenvalue weighted by Gasteiger charge is 2.28. The zero-order valence-electron chi connectivity index (χ0n) is 14.9. The molecule has 1 aromatic rings. The topological polar surface area (TPSA) is 66.5 Å². The fourth-order valence-electron chi connectivity index (χ4n) is 3.81. The highest BCUT2D eigenvalue weighted by atomic mass is 32.2. The molecule has 138 valence electrons. The molecular formula is C19H28N2O3S. The van der Waals surface area contributed by atoms with Crippen molar-refractivity contribution in [3.05, 3.63) is 29.8 Å². The second-order valence-corrected chi connectivity index (χ2v) is 9.38. The lowest BCUT2D eigenvalue weighted by atomic mass is 9.95. The second-order valence-electron chi connectivity index (χ2n) is 7.44. The summed E-state index contributed by atoms with van der Waals surface area (Å²) < 4.78 is 27.1. The van der Waals surface area contributed by atoms with Gasteiger partial charge in [-0.15, -0.1) is 0 Å². The van der Waals surface area contributed by atoms with Crippen LogP contribution < -0.4 is 5.32 Å². The zero-order chi connectivity index (χ0) is 17.9. The van der Waals surface area contributed by atoms with E-state index in [2.05, 4.69) is 12.2 Å². The molecule has 1 unspecified atom stereocenters. The quantitative estimate of drug-likeness (QED) is 0.892. The Kier molecular flexibility index (Phi) is 5.79. The minimum absolute atomic E-state index is 0.109. The van der Waals surface area contributed by atoms with Gasteiger partial charge in [0.1, 0.15) is 0 Å². The third kappa shape index (κ3) is 4.42. The minimum atomic E-state index is -3.46. The fourth-order valence-corrected chi connectivity index (χ4v) is 5.41. The lowest BCUT2D eigenvalue weighted by Crippen LogP contribution is -2.39. The van der Waals surface area contributed by atoms with E-state index in [0.29, 0.717) is 24.6 Å². The van der Waals surface area contributed by atoms with Crippen LogP contribution >= 0.6 is 0 Å². The van der Waals surface area contributed by atoms with Crippen LogP contribution in [0.3, 0.4) is 0 Å². The fraction of sp³-hybridized carbons (Fsp3) is 0.632. The van der Waals surface area contributed by atoms with E-state index in [9.17, 15) is 13.2 Å². The molecule has 2 fully saturated rings. The molecule has 25 heavy (non-hydrogen) atoms. The molecule has 1 amide bonds. The number of carbonyl (C=O) groups excluding carboxylic acids is 1. The van der Waals surface area contributed by atoms with Crippen molar-refractivity contribution in [2.24, 2.45) is 5.92 Å². The molecule has 0 spiro atoms. The van der Waals surface area contributed by atoms with Crippen LogP contribution in [0, 0.1) is 5.92 Å². The average molecular weight is 365 g/mol. The van der Waals surface area contributed by atoms with Crippen molar-refractivity contribution in [3.8, 4) is 0 Å². The number of benzene rings is 1. The van der Waals surface area contributed by atoms with Gasteiger partial charge in [0.15, 0.2) is 0 Å². The first-order valence-electron chi connectivity index (χ1n) is 9.38. The molecule has 5 nitrogen and oxygen atoms in total. The van der Waals surface area contributed by atoms with E-state index in [-0.39, 0.29) is 16.8 Å². The monoisotopic (exact) mass is 364 g/mol. The number of hydrogen-bond acceptors (Lipinski definition) is 3. The Hall–Kier alpha value is -1.40. The van der Waals surface area contributed by atoms with Gasteiger partial charge in [-0.05, 0) is 55.9 Å². The Balaban J connectivity index is 1.67. The molecule has 1 saturated carbocycles. The third-order valence-electron chi connectivity index (χ3n) is 5.31. The molecule has 0 bridgehead atoms. The molecule has 1 saturated heterocycles. The summed E-state index contributed by atoms with van der Waals surface area (Å²) in [5.74, 6) is 0.284. The Labute approximate surface area is 150 Å². The number of carbonyl (C=O) groups is 1. The van der Waals surface area contributed by atoms with Crippen LogP contribution in [0.1, 0.15) is 62.2 Å². The molecule has 1 aliphatic heterocycles. The summed E-state index contributed by atoms with van der Waals surface area (Å²) in [6.45, 7) is 3.24. The van der Waals surface area contributed by atoms with Crippen molar-refractivity contribution in [2.75, 3.05) is 13.1 Å². The first kappa shape index (κ1) is 18.4. The van der Waals surface area contributed by atoms with Gasteiger partial charge in [0.25, 0.3) is 5.91 Å². The maximum atomic E-state index is 12.8. The van der Waals surface area contributed by atoms with E-state index >= 15 is 0 Å². The number of nitrogens with one attached hydrogen (secondary N) is 1. The van der Waals surface area contributed by atoms with Crippen LogP contribution in [0.25, 0.3) is 0 Å². The molecule has 1 atom stereocenters. The molecule has 6 heteroatoms. The van der Waals surface area contributed by atoms with Crippen LogP contribution in [0.4, 0.5) is 0 Å². The van der Waals surface area contributed by atoms with E-state index in [1.807, 2.05) is 0 Å². The van der Waals surface area contributed by atoms with E-state index in [0.717, 1.165) is 38.5 Å². The van der Waals surface area contributed by atoms with Crippen LogP contribution in [0.2, 0.25) is 0 Å². The Bertz CT molecular complexity index is 694. The number of piperidine rings is 1. The first-order chi connectivity index (χ1) is 12.0. The number of hydrogen-bond donors (Lipinski definition) is 1. The Morgan fingerprint density at radius 1 is 1.04 bits per heavy atom. The summed E-state index contributed by atoms with van der Waals surface area (Å²) in [4.78, 5) is 12.6. The number of sulfonamides is 1. The van der Waals surface area contributed by atoms with E-state index in [1.54, 1.807) is 28.6 Å². The second kappa shape index (κ2) is 7.87. The number of nitrogens with zero attached hydrogens (tertiary/aromatic N) is 1. The average Bonchev–Trinajstić information content (AvgIpc) is 2.62. The molecule has 3 rings (SSSR count). The van der Waals surface area contributed by atoms with Gasteiger partial charge >= 0.3 is 0 Å². The van der Waals surface area contributed by atoms with Gasteiger partial charge in [-0.2, -0.15) is 4.31 Å². The van der Waals surface area contributed by atoms with Crippen LogP contribution in [-0.4, -0.2) is 37.8 Å². The summed E-state index contributed by atoms with van der Waals surface area (Å²) >= 11 is 0. The van der Waals surface area contributed by atoms with Crippen molar-refractivity contribution in [2.45, 2.75) is 62.8 Å². The number of rotatable bonds is 4. The normalized spacial score (nSPS) is 23.3. The van der Waals surface area contributed by atoms with Crippen LogP contribution in [-0.2, 0) is 10.0 Å². The lowest BCUT2D eigenvalue weighted by Gasteiger charge is -2.30. The van der Waals surface area contributed by atoms with Crippen LogP contribution in [0.15, 0.2) is 29.2 Å². The van der Waals surface area contributed by atoms with Crippen molar-refractivity contribution in [1.29, 1.82) is 0 Å². The molecule has 0 aromatic heterocycles. The molecule has 1 aliphatic carbocycles. The van der Waals surface area contributed by atoms with Gasteiger partial charge in [0, 0.05) is 24.7 Å². The molecule has 1 aromatic carbocycles. The minimum Gasteiger partial charge on any atom is -0.349 e. The maximum Gasteiger partial charge on any atom is 0.251 e. The van der Waals surface area contributed by atoms with E-state index < -0.39 is 10.0 Å². The van der Waals surface area contributed by atoms with Gasteiger partial charge in [-0.3, -0.25) is 4.79 Å². The maximum absolute atomic E-state index is 12.8. The first-order valence-corrected chi connectivity index (χ1v) is 10.8. The summed E-state index contributed by atoms with van der Waals surface area (Å²) in [5.41, 5.74) is 0.525. The van der Waals surface area contributed by atoms with E-state index in [4.69, 9.17) is 0 Å². The van der Waals surface area contributed by atoms with Crippen molar-refractivity contribution >= 4 is 15.9 Å². The standard InChI is InChI=1S/C19H28N2O3S/c1-15-6-5-13-21(14-15)25(23,24)18-11-9-16(10-12-18)19(22)20-17-7-3-2-4-8-17/h9-12,15,17H,2-8,13-14H2,1H3,(H,20,22). The largest absolute Gasteiger partial charge is 0.349 e. The molecule has 2 aliphatic rings.